The topological polar surface area (TPSA) is 57.5 Å². The van der Waals surface area contributed by atoms with E-state index < -0.39 is 11.9 Å². The van der Waals surface area contributed by atoms with Crippen molar-refractivity contribution in [1.29, 1.82) is 0 Å². The lowest BCUT2D eigenvalue weighted by molar-refractivity contribution is -0.142. The Balaban J connectivity index is 2.14. The molecule has 0 amide bonds. The van der Waals surface area contributed by atoms with Gasteiger partial charge in [-0.05, 0) is 30.9 Å². The molecule has 0 aliphatic carbocycles. The molecule has 0 spiro atoms. The normalized spacial score (nSPS) is 11.0. The minimum atomic E-state index is -0.672. The Bertz CT molecular complexity index is 1250. The van der Waals surface area contributed by atoms with E-state index in [1.54, 1.807) is 13.8 Å². The third kappa shape index (κ3) is 3.43. The molecule has 30 heavy (non-hydrogen) atoms. The van der Waals surface area contributed by atoms with Crippen molar-refractivity contribution >= 4 is 39.2 Å². The Morgan fingerprint density at radius 1 is 0.800 bits per heavy atom. The van der Waals surface area contributed by atoms with E-state index in [9.17, 15) is 9.59 Å². The highest BCUT2D eigenvalue weighted by Gasteiger charge is 2.26. The SMILES string of the molecule is CCOC(=O)C(C(=O)OCC)=c1c2cccc3cccc(c32)n1Cc1ccccc1. The first-order valence-corrected chi connectivity index (χ1v) is 10.1. The molecule has 3 aromatic carbocycles. The summed E-state index contributed by atoms with van der Waals surface area (Å²) in [6, 6.07) is 21.9. The van der Waals surface area contributed by atoms with Crippen molar-refractivity contribution in [2.75, 3.05) is 13.2 Å². The molecule has 5 nitrogen and oxygen atoms in total. The van der Waals surface area contributed by atoms with Gasteiger partial charge >= 0.3 is 11.9 Å². The Labute approximate surface area is 174 Å². The van der Waals surface area contributed by atoms with Crippen molar-refractivity contribution < 1.29 is 19.1 Å². The summed E-state index contributed by atoms with van der Waals surface area (Å²) in [5, 5.41) is 3.42. The molecule has 0 saturated heterocycles. The van der Waals surface area contributed by atoms with E-state index in [4.69, 9.17) is 9.47 Å². The molecular weight excluding hydrogens is 378 g/mol. The number of hydrogen-bond acceptors (Lipinski definition) is 4. The zero-order valence-corrected chi connectivity index (χ0v) is 17.1. The molecule has 0 saturated carbocycles. The van der Waals surface area contributed by atoms with Crippen molar-refractivity contribution in [3.05, 3.63) is 77.6 Å². The lowest BCUT2D eigenvalue weighted by atomic mass is 10.1. The molecule has 0 unspecified atom stereocenters. The highest BCUT2D eigenvalue weighted by molar-refractivity contribution is 6.37. The van der Waals surface area contributed by atoms with Crippen molar-refractivity contribution in [2.45, 2.75) is 20.4 Å². The van der Waals surface area contributed by atoms with Crippen LogP contribution in [0.2, 0.25) is 0 Å². The Morgan fingerprint density at radius 2 is 1.43 bits per heavy atom. The second kappa shape index (κ2) is 8.41. The second-order valence-electron chi connectivity index (χ2n) is 6.92. The third-order valence-electron chi connectivity index (χ3n) is 5.08. The summed E-state index contributed by atoms with van der Waals surface area (Å²) in [5.41, 5.74) is 1.94. The number of carbonyl (C=O) groups is 2. The van der Waals surface area contributed by atoms with Crippen LogP contribution < -0.4 is 5.35 Å². The predicted octanol–water partition coefficient (Wildman–Crippen LogP) is 3.84. The summed E-state index contributed by atoms with van der Waals surface area (Å²) in [7, 11) is 0. The second-order valence-corrected chi connectivity index (χ2v) is 6.92. The summed E-state index contributed by atoms with van der Waals surface area (Å²) in [6.45, 7) is 4.29. The highest BCUT2D eigenvalue weighted by Crippen LogP contribution is 2.27. The maximum absolute atomic E-state index is 12.9. The smallest absolute Gasteiger partial charge is 0.347 e. The molecule has 0 fully saturated rings. The van der Waals surface area contributed by atoms with E-state index in [0.717, 1.165) is 27.2 Å². The van der Waals surface area contributed by atoms with Crippen molar-refractivity contribution in [2.24, 2.45) is 0 Å². The maximum atomic E-state index is 12.9. The van der Waals surface area contributed by atoms with Crippen LogP contribution in [0.3, 0.4) is 0 Å². The molecule has 1 aromatic heterocycles. The fourth-order valence-electron chi connectivity index (χ4n) is 3.89. The van der Waals surface area contributed by atoms with Gasteiger partial charge in [-0.25, -0.2) is 9.59 Å². The maximum Gasteiger partial charge on any atom is 0.347 e. The molecule has 4 rings (SSSR count). The number of carbonyl (C=O) groups excluding carboxylic acids is 2. The van der Waals surface area contributed by atoms with Crippen LogP contribution in [0.25, 0.3) is 27.2 Å². The summed E-state index contributed by atoms with van der Waals surface area (Å²) >= 11 is 0. The fraction of sp³-hybridized carbons (Fsp3) is 0.200. The molecule has 0 bridgehead atoms. The molecule has 0 aliphatic rings. The molecule has 4 aromatic rings. The van der Waals surface area contributed by atoms with Gasteiger partial charge in [0.1, 0.15) is 0 Å². The third-order valence-corrected chi connectivity index (χ3v) is 5.08. The summed E-state index contributed by atoms with van der Waals surface area (Å²) in [5.74, 6) is -1.34. The minimum absolute atomic E-state index is 0.0710. The zero-order chi connectivity index (χ0) is 21.1. The molecule has 0 N–H and O–H groups in total. The van der Waals surface area contributed by atoms with Crippen LogP contribution in [0.1, 0.15) is 19.4 Å². The van der Waals surface area contributed by atoms with Crippen molar-refractivity contribution in [1.82, 2.24) is 4.57 Å². The first kappa shape index (κ1) is 19.7. The quantitative estimate of drug-likeness (QED) is 0.364. The molecule has 152 valence electrons. The number of rotatable bonds is 6. The van der Waals surface area contributed by atoms with E-state index in [1.807, 2.05) is 71.3 Å². The number of aromatic nitrogens is 1. The van der Waals surface area contributed by atoms with Gasteiger partial charge in [0.05, 0.1) is 24.1 Å². The van der Waals surface area contributed by atoms with E-state index in [0.29, 0.717) is 11.9 Å². The van der Waals surface area contributed by atoms with Crippen LogP contribution in [-0.2, 0) is 25.6 Å². The average Bonchev–Trinajstić information content (AvgIpc) is 3.05. The molecule has 1 heterocycles. The Hall–Kier alpha value is -3.60. The van der Waals surface area contributed by atoms with E-state index >= 15 is 0 Å². The van der Waals surface area contributed by atoms with Gasteiger partial charge in [0, 0.05) is 17.3 Å². The van der Waals surface area contributed by atoms with Crippen LogP contribution in [0, 0.1) is 0 Å². The molecular formula is C25H23NO4. The Morgan fingerprint density at radius 3 is 2.07 bits per heavy atom. The van der Waals surface area contributed by atoms with Gasteiger partial charge in [0.2, 0.25) is 0 Å². The summed E-state index contributed by atoms with van der Waals surface area (Å²) in [6.07, 6.45) is 0. The van der Waals surface area contributed by atoms with Crippen LogP contribution in [0.4, 0.5) is 0 Å². The van der Waals surface area contributed by atoms with Crippen molar-refractivity contribution in [3.8, 4) is 0 Å². The standard InChI is InChI=1S/C25H23NO4/c1-3-29-24(27)22(25(28)30-4-2)23-19-14-8-12-18-13-9-15-20(21(18)19)26(23)16-17-10-6-5-7-11-17/h5-15H,3-4,16H2,1-2H3. The van der Waals surface area contributed by atoms with Crippen LogP contribution in [0.15, 0.2) is 66.7 Å². The van der Waals surface area contributed by atoms with E-state index in [1.165, 1.54) is 0 Å². The van der Waals surface area contributed by atoms with Gasteiger partial charge in [-0.3, -0.25) is 0 Å². The fourth-order valence-corrected chi connectivity index (χ4v) is 3.89. The summed E-state index contributed by atoms with van der Waals surface area (Å²) < 4.78 is 12.5. The number of benzene rings is 3. The zero-order valence-electron chi connectivity index (χ0n) is 17.1. The number of hydrogen-bond donors (Lipinski definition) is 0. The van der Waals surface area contributed by atoms with Gasteiger partial charge in [0.15, 0.2) is 5.57 Å². The van der Waals surface area contributed by atoms with Crippen LogP contribution in [0.5, 0.6) is 0 Å². The largest absolute Gasteiger partial charge is 0.462 e. The van der Waals surface area contributed by atoms with Crippen molar-refractivity contribution in [3.63, 3.8) is 0 Å². The van der Waals surface area contributed by atoms with Gasteiger partial charge in [-0.1, -0.05) is 60.7 Å². The lowest BCUT2D eigenvalue weighted by Crippen LogP contribution is -2.30. The van der Waals surface area contributed by atoms with Gasteiger partial charge < -0.3 is 14.0 Å². The van der Waals surface area contributed by atoms with Gasteiger partial charge in [0.25, 0.3) is 0 Å². The lowest BCUT2D eigenvalue weighted by Gasteiger charge is -2.11. The van der Waals surface area contributed by atoms with Gasteiger partial charge in [-0.15, -0.1) is 0 Å². The summed E-state index contributed by atoms with van der Waals surface area (Å²) in [4.78, 5) is 25.8. The van der Waals surface area contributed by atoms with E-state index in [2.05, 4.69) is 0 Å². The number of nitrogens with zero attached hydrogens (tertiary/aromatic N) is 1. The van der Waals surface area contributed by atoms with Crippen LogP contribution in [-0.4, -0.2) is 29.7 Å². The first-order chi connectivity index (χ1) is 14.7. The number of ether oxygens (including phenoxy) is 2. The van der Waals surface area contributed by atoms with Crippen LogP contribution >= 0.6 is 0 Å². The monoisotopic (exact) mass is 401 g/mol. The average molecular weight is 401 g/mol. The first-order valence-electron chi connectivity index (χ1n) is 10.1. The number of esters is 2. The van der Waals surface area contributed by atoms with E-state index in [-0.39, 0.29) is 18.8 Å². The molecule has 0 radical (unpaired) electrons. The van der Waals surface area contributed by atoms with Gasteiger partial charge in [-0.2, -0.15) is 0 Å². The minimum Gasteiger partial charge on any atom is -0.462 e. The Kier molecular flexibility index (Phi) is 5.53. The molecule has 0 atom stereocenters. The predicted molar refractivity (Wildman–Crippen MR) is 117 cm³/mol. The molecule has 0 aliphatic heterocycles. The highest BCUT2D eigenvalue weighted by atomic mass is 16.6. The molecule has 5 heteroatoms.